The van der Waals surface area contributed by atoms with E-state index in [9.17, 15) is 0 Å². The molecule has 0 aliphatic heterocycles. The van der Waals surface area contributed by atoms with E-state index in [0.717, 1.165) is 34.0 Å². The van der Waals surface area contributed by atoms with Crippen LogP contribution < -0.4 is 5.32 Å². The molecule has 9 heteroatoms. The lowest BCUT2D eigenvalue weighted by molar-refractivity contribution is 0.565. The fraction of sp³-hybridized carbons (Fsp3) is 0.700. The van der Waals surface area contributed by atoms with Crippen LogP contribution >= 0.6 is 23.1 Å². The molecule has 0 spiro atoms. The summed E-state index contributed by atoms with van der Waals surface area (Å²) in [4.78, 5) is 0. The predicted octanol–water partition coefficient (Wildman–Crippen LogP) is 1.97. The lowest BCUT2D eigenvalue weighted by Crippen LogP contribution is -1.98. The molecule has 1 fully saturated rings. The smallest absolute Gasteiger partial charge is 0.209 e. The Morgan fingerprint density at radius 3 is 3.05 bits per heavy atom. The van der Waals surface area contributed by atoms with Crippen molar-refractivity contribution < 1.29 is 0 Å². The van der Waals surface area contributed by atoms with Gasteiger partial charge < -0.3 is 5.32 Å². The van der Waals surface area contributed by atoms with Gasteiger partial charge in [0.1, 0.15) is 5.01 Å². The first-order valence-corrected chi connectivity index (χ1v) is 8.14. The molecule has 102 valence electrons. The van der Waals surface area contributed by atoms with Gasteiger partial charge in [-0.05, 0) is 29.7 Å². The van der Waals surface area contributed by atoms with Crippen LogP contribution in [0.1, 0.15) is 37.2 Å². The third-order valence-electron chi connectivity index (χ3n) is 2.67. The zero-order valence-electron chi connectivity index (χ0n) is 10.6. The van der Waals surface area contributed by atoms with E-state index >= 15 is 0 Å². The van der Waals surface area contributed by atoms with Gasteiger partial charge in [-0.1, -0.05) is 30.0 Å². The second-order valence-electron chi connectivity index (χ2n) is 4.35. The van der Waals surface area contributed by atoms with Crippen molar-refractivity contribution in [1.29, 1.82) is 0 Å². The molecule has 2 heterocycles. The van der Waals surface area contributed by atoms with E-state index in [4.69, 9.17) is 0 Å². The van der Waals surface area contributed by atoms with Gasteiger partial charge >= 0.3 is 0 Å². The van der Waals surface area contributed by atoms with Crippen LogP contribution in [0.4, 0.5) is 5.13 Å². The third-order valence-corrected chi connectivity index (χ3v) is 4.68. The molecule has 0 aromatic carbocycles. The molecule has 2 aromatic rings. The number of aromatic nitrogens is 6. The Labute approximate surface area is 119 Å². The van der Waals surface area contributed by atoms with E-state index in [-0.39, 0.29) is 0 Å². The minimum Gasteiger partial charge on any atom is -0.360 e. The largest absolute Gasteiger partial charge is 0.360 e. The maximum Gasteiger partial charge on any atom is 0.209 e. The average Bonchev–Trinajstić information content (AvgIpc) is 3.00. The van der Waals surface area contributed by atoms with Gasteiger partial charge in [-0.25, -0.2) is 4.68 Å². The van der Waals surface area contributed by atoms with Crippen LogP contribution in [-0.2, 0) is 5.75 Å². The molecule has 0 unspecified atom stereocenters. The number of thioether (sulfide) groups is 1. The summed E-state index contributed by atoms with van der Waals surface area (Å²) >= 11 is 3.21. The van der Waals surface area contributed by atoms with Crippen molar-refractivity contribution in [1.82, 2.24) is 30.4 Å². The summed E-state index contributed by atoms with van der Waals surface area (Å²) in [5.74, 6) is 0.762. The Balaban J connectivity index is 1.56. The lowest BCUT2D eigenvalue weighted by Gasteiger charge is -1.99. The molecule has 0 atom stereocenters. The molecule has 2 aromatic heterocycles. The highest BCUT2D eigenvalue weighted by Crippen LogP contribution is 2.37. The summed E-state index contributed by atoms with van der Waals surface area (Å²) in [5.41, 5.74) is 0. The van der Waals surface area contributed by atoms with Crippen LogP contribution in [-0.4, -0.2) is 36.9 Å². The number of tetrazole rings is 1. The minimum absolute atomic E-state index is 0.508. The SMILES string of the molecule is CCCNc1nnc(CSc2nnnn2C2CC2)s1. The summed E-state index contributed by atoms with van der Waals surface area (Å²) in [6.07, 6.45) is 3.45. The van der Waals surface area contributed by atoms with Gasteiger partial charge in [0.2, 0.25) is 10.3 Å². The summed E-state index contributed by atoms with van der Waals surface area (Å²) < 4.78 is 1.92. The van der Waals surface area contributed by atoms with Crippen LogP contribution in [0.5, 0.6) is 0 Å². The zero-order valence-corrected chi connectivity index (χ0v) is 12.2. The number of rotatable bonds is 7. The Hall–Kier alpha value is -1.22. The molecule has 19 heavy (non-hydrogen) atoms. The van der Waals surface area contributed by atoms with E-state index < -0.39 is 0 Å². The standard InChI is InChI=1S/C10H15N7S2/c1-2-5-11-9-13-12-8(19-9)6-18-10-14-15-16-17(10)7-3-4-7/h7H,2-6H2,1H3,(H,11,13). The molecular weight excluding hydrogens is 282 g/mol. The molecule has 0 saturated heterocycles. The highest BCUT2D eigenvalue weighted by Gasteiger charge is 2.27. The number of hydrogen-bond acceptors (Lipinski definition) is 8. The molecule has 3 rings (SSSR count). The average molecular weight is 297 g/mol. The lowest BCUT2D eigenvalue weighted by atomic mass is 10.5. The number of anilines is 1. The molecular formula is C10H15N7S2. The molecule has 1 saturated carbocycles. The third kappa shape index (κ3) is 3.21. The Bertz CT molecular complexity index is 533. The van der Waals surface area contributed by atoms with Gasteiger partial charge in [0, 0.05) is 6.54 Å². The van der Waals surface area contributed by atoms with E-state index in [0.29, 0.717) is 6.04 Å². The normalized spacial score (nSPS) is 14.8. The van der Waals surface area contributed by atoms with Gasteiger partial charge in [0.05, 0.1) is 11.8 Å². The van der Waals surface area contributed by atoms with Crippen molar-refractivity contribution in [2.75, 3.05) is 11.9 Å². The first-order chi connectivity index (χ1) is 9.36. The Morgan fingerprint density at radius 2 is 2.26 bits per heavy atom. The Morgan fingerprint density at radius 1 is 1.37 bits per heavy atom. The van der Waals surface area contributed by atoms with Crippen molar-refractivity contribution in [3.05, 3.63) is 5.01 Å². The number of hydrogen-bond donors (Lipinski definition) is 1. The van der Waals surface area contributed by atoms with Gasteiger partial charge in [0.15, 0.2) is 0 Å². The predicted molar refractivity (Wildman–Crippen MR) is 74.3 cm³/mol. The molecule has 1 aliphatic carbocycles. The number of nitrogens with one attached hydrogen (secondary N) is 1. The molecule has 0 radical (unpaired) electrons. The van der Waals surface area contributed by atoms with Crippen LogP contribution in [0.3, 0.4) is 0 Å². The van der Waals surface area contributed by atoms with Crippen LogP contribution in [0.2, 0.25) is 0 Å². The van der Waals surface area contributed by atoms with Gasteiger partial charge in [-0.3, -0.25) is 0 Å². The summed E-state index contributed by atoms with van der Waals surface area (Å²) in [6.45, 7) is 3.06. The van der Waals surface area contributed by atoms with Crippen molar-refractivity contribution in [2.45, 2.75) is 43.1 Å². The maximum atomic E-state index is 4.17. The van der Waals surface area contributed by atoms with Gasteiger partial charge in [-0.15, -0.1) is 15.3 Å². The highest BCUT2D eigenvalue weighted by atomic mass is 32.2. The fourth-order valence-electron chi connectivity index (χ4n) is 1.57. The van der Waals surface area contributed by atoms with Crippen LogP contribution in [0.15, 0.2) is 5.16 Å². The summed E-state index contributed by atoms with van der Waals surface area (Å²) in [7, 11) is 0. The minimum atomic E-state index is 0.508. The first-order valence-electron chi connectivity index (χ1n) is 6.33. The van der Waals surface area contributed by atoms with Crippen LogP contribution in [0.25, 0.3) is 0 Å². The highest BCUT2D eigenvalue weighted by molar-refractivity contribution is 7.98. The van der Waals surface area contributed by atoms with E-state index in [2.05, 4.69) is 38.0 Å². The molecule has 7 nitrogen and oxygen atoms in total. The molecule has 0 amide bonds. The van der Waals surface area contributed by atoms with E-state index in [1.165, 1.54) is 12.8 Å². The number of nitrogens with zero attached hydrogens (tertiary/aromatic N) is 6. The molecule has 1 N–H and O–H groups in total. The topological polar surface area (TPSA) is 81.4 Å². The van der Waals surface area contributed by atoms with E-state index in [1.54, 1.807) is 23.1 Å². The van der Waals surface area contributed by atoms with Crippen molar-refractivity contribution in [2.24, 2.45) is 0 Å². The monoisotopic (exact) mass is 297 g/mol. The zero-order chi connectivity index (χ0) is 13.1. The molecule has 0 bridgehead atoms. The van der Waals surface area contributed by atoms with Crippen molar-refractivity contribution >= 4 is 28.2 Å². The van der Waals surface area contributed by atoms with Crippen molar-refractivity contribution in [3.8, 4) is 0 Å². The van der Waals surface area contributed by atoms with Crippen LogP contribution in [0, 0.1) is 0 Å². The summed E-state index contributed by atoms with van der Waals surface area (Å²) in [6, 6.07) is 0.508. The second-order valence-corrected chi connectivity index (χ2v) is 6.36. The fourth-order valence-corrected chi connectivity index (χ4v) is 3.27. The van der Waals surface area contributed by atoms with Gasteiger partial charge in [-0.2, -0.15) is 0 Å². The second kappa shape index (κ2) is 5.83. The van der Waals surface area contributed by atoms with E-state index in [1.807, 2.05) is 4.68 Å². The first kappa shape index (κ1) is 12.8. The quantitative estimate of drug-likeness (QED) is 0.782. The molecule has 1 aliphatic rings. The summed E-state index contributed by atoms with van der Waals surface area (Å²) in [5, 5.41) is 26.1. The van der Waals surface area contributed by atoms with Gasteiger partial charge in [0.25, 0.3) is 0 Å². The Kier molecular flexibility index (Phi) is 3.92. The van der Waals surface area contributed by atoms with Crippen molar-refractivity contribution in [3.63, 3.8) is 0 Å². The maximum absolute atomic E-state index is 4.17.